The van der Waals surface area contributed by atoms with Crippen molar-refractivity contribution in [2.24, 2.45) is 5.14 Å². The highest BCUT2D eigenvalue weighted by Gasteiger charge is 2.14. The van der Waals surface area contributed by atoms with Crippen molar-refractivity contribution in [3.05, 3.63) is 48.8 Å². The topological polar surface area (TPSA) is 131 Å². The van der Waals surface area contributed by atoms with E-state index in [1.807, 2.05) is 4.72 Å². The summed E-state index contributed by atoms with van der Waals surface area (Å²) in [5.74, 6) is 0. The molecule has 0 bridgehead atoms. The Morgan fingerprint density at radius 2 is 1.62 bits per heavy atom. The van der Waals surface area contributed by atoms with E-state index in [2.05, 4.69) is 9.71 Å². The SMILES string of the molecule is NS(=O)(=O)Nc1cccc(NS(=O)(=O)c2cccnc2)c1. The molecule has 2 aromatic rings. The zero-order valence-electron chi connectivity index (χ0n) is 10.6. The second-order valence-corrected chi connectivity index (χ2v) is 7.00. The molecule has 0 fully saturated rings. The van der Waals surface area contributed by atoms with Gasteiger partial charge in [-0.05, 0) is 30.3 Å². The van der Waals surface area contributed by atoms with E-state index >= 15 is 0 Å². The van der Waals surface area contributed by atoms with Gasteiger partial charge in [0.1, 0.15) is 4.90 Å². The van der Waals surface area contributed by atoms with Crippen LogP contribution in [0.3, 0.4) is 0 Å². The molecule has 21 heavy (non-hydrogen) atoms. The molecule has 0 radical (unpaired) electrons. The highest BCUT2D eigenvalue weighted by Crippen LogP contribution is 2.19. The molecule has 0 amide bonds. The van der Waals surface area contributed by atoms with Crippen LogP contribution in [0.15, 0.2) is 53.7 Å². The number of anilines is 2. The van der Waals surface area contributed by atoms with E-state index in [0.29, 0.717) is 0 Å². The predicted molar refractivity (Wildman–Crippen MR) is 78.2 cm³/mol. The number of sulfonamides is 1. The van der Waals surface area contributed by atoms with Gasteiger partial charge in [0.15, 0.2) is 0 Å². The number of nitrogens with two attached hydrogens (primary N) is 1. The Morgan fingerprint density at radius 3 is 2.19 bits per heavy atom. The van der Waals surface area contributed by atoms with Gasteiger partial charge in [0.2, 0.25) is 0 Å². The molecule has 0 aliphatic rings. The Hall–Kier alpha value is -2.17. The third-order valence-corrected chi connectivity index (χ3v) is 4.21. The summed E-state index contributed by atoms with van der Waals surface area (Å²) in [4.78, 5) is 3.73. The van der Waals surface area contributed by atoms with Crippen molar-refractivity contribution >= 4 is 31.6 Å². The maximum absolute atomic E-state index is 12.1. The fourth-order valence-electron chi connectivity index (χ4n) is 1.53. The minimum Gasteiger partial charge on any atom is -0.280 e. The number of rotatable bonds is 5. The van der Waals surface area contributed by atoms with Crippen molar-refractivity contribution in [3.8, 4) is 0 Å². The Labute approximate surface area is 122 Å². The van der Waals surface area contributed by atoms with Gasteiger partial charge >= 0.3 is 0 Å². The fourth-order valence-corrected chi connectivity index (χ4v) is 3.00. The van der Waals surface area contributed by atoms with E-state index in [1.54, 1.807) is 0 Å². The Balaban J connectivity index is 2.26. The first-order valence-corrected chi connectivity index (χ1v) is 8.63. The van der Waals surface area contributed by atoms with Gasteiger partial charge in [0, 0.05) is 12.4 Å². The van der Waals surface area contributed by atoms with E-state index in [-0.39, 0.29) is 16.3 Å². The van der Waals surface area contributed by atoms with E-state index in [4.69, 9.17) is 5.14 Å². The molecule has 1 aromatic heterocycles. The molecule has 8 nitrogen and oxygen atoms in total. The average molecular weight is 328 g/mol. The maximum Gasteiger partial charge on any atom is 0.296 e. The van der Waals surface area contributed by atoms with Crippen LogP contribution in [0.25, 0.3) is 0 Å². The summed E-state index contributed by atoms with van der Waals surface area (Å²) in [6.45, 7) is 0. The molecule has 0 aliphatic heterocycles. The van der Waals surface area contributed by atoms with Crippen molar-refractivity contribution in [1.82, 2.24) is 4.98 Å². The number of hydrogen-bond donors (Lipinski definition) is 3. The second kappa shape index (κ2) is 5.68. The van der Waals surface area contributed by atoms with Crippen LogP contribution in [0.4, 0.5) is 11.4 Å². The Bertz CT molecular complexity index is 836. The van der Waals surface area contributed by atoms with E-state index in [0.717, 1.165) is 0 Å². The lowest BCUT2D eigenvalue weighted by atomic mass is 10.3. The molecule has 2 rings (SSSR count). The molecule has 1 aromatic carbocycles. The molecular weight excluding hydrogens is 316 g/mol. The van der Waals surface area contributed by atoms with Crippen molar-refractivity contribution in [3.63, 3.8) is 0 Å². The first-order chi connectivity index (χ1) is 9.76. The molecule has 112 valence electrons. The summed E-state index contributed by atoms with van der Waals surface area (Å²) >= 11 is 0. The van der Waals surface area contributed by atoms with Gasteiger partial charge in [-0.25, -0.2) is 13.6 Å². The van der Waals surface area contributed by atoms with E-state index in [9.17, 15) is 16.8 Å². The zero-order valence-corrected chi connectivity index (χ0v) is 12.2. The molecule has 0 unspecified atom stereocenters. The minimum absolute atomic E-state index is 0.00481. The highest BCUT2D eigenvalue weighted by atomic mass is 32.2. The van der Waals surface area contributed by atoms with Crippen LogP contribution in [0, 0.1) is 0 Å². The standard InChI is InChI=1S/C11H12N4O4S2/c12-21(18,19)15-10-4-1-3-9(7-10)14-20(16,17)11-5-2-6-13-8-11/h1-8,14-15H,(H2,12,18,19). The van der Waals surface area contributed by atoms with E-state index in [1.165, 1.54) is 48.8 Å². The highest BCUT2D eigenvalue weighted by molar-refractivity contribution is 7.92. The summed E-state index contributed by atoms with van der Waals surface area (Å²) in [6.07, 6.45) is 2.66. The third-order valence-electron chi connectivity index (χ3n) is 2.32. The molecule has 0 aliphatic carbocycles. The lowest BCUT2D eigenvalue weighted by molar-refractivity contribution is 0.600. The molecule has 4 N–H and O–H groups in total. The first kappa shape index (κ1) is 15.2. The van der Waals surface area contributed by atoms with Gasteiger partial charge in [-0.1, -0.05) is 6.07 Å². The van der Waals surface area contributed by atoms with Crippen LogP contribution < -0.4 is 14.6 Å². The Kier molecular flexibility index (Phi) is 4.11. The molecular formula is C11H12N4O4S2. The summed E-state index contributed by atoms with van der Waals surface area (Å²) in [5.41, 5.74) is 0.330. The maximum atomic E-state index is 12.1. The summed E-state index contributed by atoms with van der Waals surface area (Å²) in [5, 5.41) is 4.85. The van der Waals surface area contributed by atoms with Gasteiger partial charge in [0.05, 0.1) is 11.4 Å². The first-order valence-electron chi connectivity index (χ1n) is 5.60. The molecule has 10 heteroatoms. The molecule has 0 spiro atoms. The molecule has 0 saturated heterocycles. The second-order valence-electron chi connectivity index (χ2n) is 4.02. The van der Waals surface area contributed by atoms with Crippen molar-refractivity contribution in [2.75, 3.05) is 9.44 Å². The van der Waals surface area contributed by atoms with Gasteiger partial charge < -0.3 is 0 Å². The van der Waals surface area contributed by atoms with Gasteiger partial charge in [-0.3, -0.25) is 14.4 Å². The molecule has 1 heterocycles. The summed E-state index contributed by atoms with van der Waals surface area (Å²) < 4.78 is 50.4. The quantitative estimate of drug-likeness (QED) is 0.735. The van der Waals surface area contributed by atoms with Gasteiger partial charge in [-0.2, -0.15) is 8.42 Å². The van der Waals surface area contributed by atoms with Crippen LogP contribution in [-0.2, 0) is 20.2 Å². The summed E-state index contributed by atoms with van der Waals surface area (Å²) in [6, 6.07) is 8.58. The average Bonchev–Trinajstić information content (AvgIpc) is 2.37. The van der Waals surface area contributed by atoms with Crippen molar-refractivity contribution in [2.45, 2.75) is 4.90 Å². The largest absolute Gasteiger partial charge is 0.296 e. The zero-order chi connectivity index (χ0) is 15.5. The number of aromatic nitrogens is 1. The minimum atomic E-state index is -3.93. The van der Waals surface area contributed by atoms with Gasteiger partial charge in [0.25, 0.3) is 20.2 Å². The number of benzene rings is 1. The van der Waals surface area contributed by atoms with Crippen LogP contribution in [0.1, 0.15) is 0 Å². The van der Waals surface area contributed by atoms with Crippen LogP contribution in [-0.4, -0.2) is 21.8 Å². The number of nitrogens with one attached hydrogen (secondary N) is 2. The lowest BCUT2D eigenvalue weighted by Gasteiger charge is -2.09. The number of nitrogens with zero attached hydrogens (tertiary/aromatic N) is 1. The van der Waals surface area contributed by atoms with Gasteiger partial charge in [-0.15, -0.1) is 0 Å². The lowest BCUT2D eigenvalue weighted by Crippen LogP contribution is -2.21. The van der Waals surface area contributed by atoms with Crippen molar-refractivity contribution < 1.29 is 16.8 Å². The van der Waals surface area contributed by atoms with E-state index < -0.39 is 20.2 Å². The summed E-state index contributed by atoms with van der Waals surface area (Å²) in [7, 11) is -7.72. The third kappa shape index (κ3) is 4.41. The Morgan fingerprint density at radius 1 is 0.952 bits per heavy atom. The van der Waals surface area contributed by atoms with Crippen molar-refractivity contribution in [1.29, 1.82) is 0 Å². The smallest absolute Gasteiger partial charge is 0.280 e. The molecule has 0 saturated carbocycles. The monoisotopic (exact) mass is 328 g/mol. The van der Waals surface area contributed by atoms with Crippen LogP contribution in [0.5, 0.6) is 0 Å². The number of pyridine rings is 1. The predicted octanol–water partition coefficient (Wildman–Crippen LogP) is 0.498. The van der Waals surface area contributed by atoms with Crippen LogP contribution in [0.2, 0.25) is 0 Å². The fraction of sp³-hybridized carbons (Fsp3) is 0. The van der Waals surface area contributed by atoms with Crippen LogP contribution >= 0.6 is 0 Å². The number of hydrogen-bond acceptors (Lipinski definition) is 5. The normalized spacial score (nSPS) is 11.9. The molecule has 0 atom stereocenters.